The predicted octanol–water partition coefficient (Wildman–Crippen LogP) is 3.99. The Hall–Kier alpha value is -2.80. The second kappa shape index (κ2) is 7.61. The summed E-state index contributed by atoms with van der Waals surface area (Å²) in [5, 5.41) is 11.6. The third-order valence-corrected chi connectivity index (χ3v) is 4.13. The number of nitrogens with zero attached hydrogens (tertiary/aromatic N) is 3. The molecular formula is C18H19ClN4O3. The molecule has 0 radical (unpaired) electrons. The minimum absolute atomic E-state index is 0.144. The summed E-state index contributed by atoms with van der Waals surface area (Å²) in [5.74, 6) is 0.757. The van der Waals surface area contributed by atoms with E-state index in [-0.39, 0.29) is 18.2 Å². The Kier molecular flexibility index (Phi) is 5.27. The average molecular weight is 375 g/mol. The van der Waals surface area contributed by atoms with Gasteiger partial charge in [-0.1, -0.05) is 22.8 Å². The Morgan fingerprint density at radius 2 is 2.19 bits per heavy atom. The van der Waals surface area contributed by atoms with Crippen LogP contribution in [0.3, 0.4) is 0 Å². The van der Waals surface area contributed by atoms with Crippen LogP contribution >= 0.6 is 11.6 Å². The van der Waals surface area contributed by atoms with Crippen molar-refractivity contribution in [1.82, 2.24) is 14.9 Å². The van der Waals surface area contributed by atoms with E-state index in [4.69, 9.17) is 20.9 Å². The molecule has 136 valence electrons. The molecule has 1 aromatic carbocycles. The molecule has 0 aliphatic rings. The van der Waals surface area contributed by atoms with Crippen LogP contribution in [0.15, 0.2) is 35.0 Å². The smallest absolute Gasteiger partial charge is 0.278 e. The van der Waals surface area contributed by atoms with Gasteiger partial charge in [0, 0.05) is 17.8 Å². The average Bonchev–Trinajstić information content (AvgIpc) is 3.16. The van der Waals surface area contributed by atoms with E-state index < -0.39 is 0 Å². The summed E-state index contributed by atoms with van der Waals surface area (Å²) in [6.45, 7) is 6.41. The summed E-state index contributed by atoms with van der Waals surface area (Å²) in [6.07, 6.45) is 1.78. The molecule has 3 rings (SSSR count). The molecule has 0 atom stereocenters. The summed E-state index contributed by atoms with van der Waals surface area (Å²) in [6, 6.07) is 7.04. The number of aryl methyl sites for hydroxylation is 3. The first-order valence-electron chi connectivity index (χ1n) is 8.16. The van der Waals surface area contributed by atoms with Gasteiger partial charge >= 0.3 is 0 Å². The second-order valence-corrected chi connectivity index (χ2v) is 6.19. The maximum Gasteiger partial charge on any atom is 0.278 e. The molecule has 0 unspecified atom stereocenters. The zero-order valence-corrected chi connectivity index (χ0v) is 15.5. The molecular weight excluding hydrogens is 356 g/mol. The highest BCUT2D eigenvalue weighted by molar-refractivity contribution is 6.30. The molecule has 0 aliphatic carbocycles. The van der Waals surface area contributed by atoms with Crippen LogP contribution in [0.1, 0.15) is 34.4 Å². The number of benzene rings is 1. The summed E-state index contributed by atoms with van der Waals surface area (Å²) >= 11 is 5.95. The number of nitrogens with one attached hydrogen (secondary N) is 1. The molecule has 0 saturated carbocycles. The highest BCUT2D eigenvalue weighted by Crippen LogP contribution is 2.22. The van der Waals surface area contributed by atoms with E-state index in [2.05, 4.69) is 15.6 Å². The molecule has 0 saturated heterocycles. The molecule has 0 fully saturated rings. The predicted molar refractivity (Wildman–Crippen MR) is 97.6 cm³/mol. The fourth-order valence-corrected chi connectivity index (χ4v) is 2.62. The number of hydrogen-bond donors (Lipinski definition) is 1. The Morgan fingerprint density at radius 3 is 2.88 bits per heavy atom. The third kappa shape index (κ3) is 3.88. The number of rotatable bonds is 6. The van der Waals surface area contributed by atoms with Crippen LogP contribution in [-0.2, 0) is 13.2 Å². The molecule has 0 aliphatic heterocycles. The SMILES string of the molecule is CCn1cc(NC(=O)c2noc(C)c2COc2cccc(Cl)c2)c(C)n1. The first-order valence-corrected chi connectivity index (χ1v) is 8.54. The molecule has 1 amide bonds. The molecule has 0 spiro atoms. The van der Waals surface area contributed by atoms with Gasteiger partial charge < -0.3 is 14.6 Å². The molecule has 1 N–H and O–H groups in total. The number of ether oxygens (including phenoxy) is 1. The van der Waals surface area contributed by atoms with Crippen molar-refractivity contribution < 1.29 is 14.1 Å². The number of amides is 1. The third-order valence-electron chi connectivity index (χ3n) is 3.90. The van der Waals surface area contributed by atoms with Crippen molar-refractivity contribution in [3.8, 4) is 5.75 Å². The van der Waals surface area contributed by atoms with Gasteiger partial charge in [-0.15, -0.1) is 0 Å². The minimum Gasteiger partial charge on any atom is -0.489 e. The zero-order chi connectivity index (χ0) is 18.7. The van der Waals surface area contributed by atoms with Crippen molar-refractivity contribution in [1.29, 1.82) is 0 Å². The van der Waals surface area contributed by atoms with Gasteiger partial charge in [0.05, 0.1) is 16.9 Å². The van der Waals surface area contributed by atoms with Gasteiger partial charge in [-0.25, -0.2) is 0 Å². The number of halogens is 1. The lowest BCUT2D eigenvalue weighted by molar-refractivity contribution is 0.101. The molecule has 7 nitrogen and oxygen atoms in total. The molecule has 8 heteroatoms. The van der Waals surface area contributed by atoms with Crippen molar-refractivity contribution in [3.05, 3.63) is 58.2 Å². The summed E-state index contributed by atoms with van der Waals surface area (Å²) < 4.78 is 12.7. The van der Waals surface area contributed by atoms with Crippen LogP contribution in [0, 0.1) is 13.8 Å². The van der Waals surface area contributed by atoms with Gasteiger partial charge in [0.15, 0.2) is 5.69 Å². The van der Waals surface area contributed by atoms with Crippen molar-refractivity contribution >= 4 is 23.2 Å². The van der Waals surface area contributed by atoms with E-state index in [1.54, 1.807) is 42.1 Å². The van der Waals surface area contributed by atoms with Crippen LogP contribution < -0.4 is 10.1 Å². The van der Waals surface area contributed by atoms with E-state index >= 15 is 0 Å². The van der Waals surface area contributed by atoms with Gasteiger partial charge in [-0.05, 0) is 39.0 Å². The summed E-state index contributed by atoms with van der Waals surface area (Å²) in [7, 11) is 0. The van der Waals surface area contributed by atoms with Crippen molar-refractivity contribution in [3.63, 3.8) is 0 Å². The summed E-state index contributed by atoms with van der Waals surface area (Å²) in [4.78, 5) is 12.6. The van der Waals surface area contributed by atoms with Crippen LogP contribution in [0.25, 0.3) is 0 Å². The van der Waals surface area contributed by atoms with E-state index in [1.165, 1.54) is 0 Å². The molecule has 2 aromatic heterocycles. The Bertz CT molecular complexity index is 932. The Labute approximate surface area is 155 Å². The molecule has 26 heavy (non-hydrogen) atoms. The maximum absolute atomic E-state index is 12.6. The van der Waals surface area contributed by atoms with Crippen molar-refractivity contribution in [2.45, 2.75) is 33.9 Å². The summed E-state index contributed by atoms with van der Waals surface area (Å²) in [5.41, 5.74) is 2.15. The van der Waals surface area contributed by atoms with Crippen molar-refractivity contribution in [2.75, 3.05) is 5.32 Å². The Balaban J connectivity index is 1.76. The number of anilines is 1. The number of hydrogen-bond acceptors (Lipinski definition) is 5. The number of carbonyl (C=O) groups is 1. The first-order chi connectivity index (χ1) is 12.5. The lowest BCUT2D eigenvalue weighted by Gasteiger charge is -2.07. The van der Waals surface area contributed by atoms with E-state index in [0.717, 1.165) is 12.2 Å². The van der Waals surface area contributed by atoms with Gasteiger partial charge in [0.25, 0.3) is 5.91 Å². The zero-order valence-electron chi connectivity index (χ0n) is 14.7. The van der Waals surface area contributed by atoms with Gasteiger partial charge in [0.1, 0.15) is 18.1 Å². The fourth-order valence-electron chi connectivity index (χ4n) is 2.44. The fraction of sp³-hybridized carbons (Fsp3) is 0.278. The molecule has 0 bridgehead atoms. The maximum atomic E-state index is 12.6. The van der Waals surface area contributed by atoms with Gasteiger partial charge in [-0.3, -0.25) is 9.48 Å². The first kappa shape index (κ1) is 18.0. The number of aromatic nitrogens is 3. The lowest BCUT2D eigenvalue weighted by atomic mass is 10.2. The Morgan fingerprint density at radius 1 is 1.38 bits per heavy atom. The highest BCUT2D eigenvalue weighted by atomic mass is 35.5. The topological polar surface area (TPSA) is 82.2 Å². The van der Waals surface area contributed by atoms with Gasteiger partial charge in [-0.2, -0.15) is 5.10 Å². The van der Waals surface area contributed by atoms with Crippen LogP contribution in [-0.4, -0.2) is 20.8 Å². The quantitative estimate of drug-likeness (QED) is 0.705. The van der Waals surface area contributed by atoms with E-state index in [1.807, 2.05) is 13.8 Å². The molecule has 2 heterocycles. The van der Waals surface area contributed by atoms with Crippen LogP contribution in [0.2, 0.25) is 5.02 Å². The van der Waals surface area contributed by atoms with Crippen molar-refractivity contribution in [2.24, 2.45) is 0 Å². The monoisotopic (exact) mass is 374 g/mol. The largest absolute Gasteiger partial charge is 0.489 e. The van der Waals surface area contributed by atoms with E-state index in [0.29, 0.717) is 27.8 Å². The van der Waals surface area contributed by atoms with Gasteiger partial charge in [0.2, 0.25) is 0 Å². The molecule has 3 aromatic rings. The standard InChI is InChI=1S/C18H19ClN4O3/c1-4-23-9-16(11(2)21-23)20-18(24)17-15(12(3)26-22-17)10-25-14-7-5-6-13(19)8-14/h5-9H,4,10H2,1-3H3,(H,20,24). The highest BCUT2D eigenvalue weighted by Gasteiger charge is 2.21. The van der Waals surface area contributed by atoms with Crippen LogP contribution in [0.4, 0.5) is 5.69 Å². The van der Waals surface area contributed by atoms with E-state index in [9.17, 15) is 4.79 Å². The second-order valence-electron chi connectivity index (χ2n) is 5.75. The normalized spacial score (nSPS) is 10.8. The minimum atomic E-state index is -0.370. The van der Waals surface area contributed by atoms with Crippen LogP contribution in [0.5, 0.6) is 5.75 Å². The number of carbonyl (C=O) groups excluding carboxylic acids is 1. The lowest BCUT2D eigenvalue weighted by Crippen LogP contribution is -2.15.